The summed E-state index contributed by atoms with van der Waals surface area (Å²) < 4.78 is 5.95. The Morgan fingerprint density at radius 1 is 1.64 bits per heavy atom. The van der Waals surface area contributed by atoms with E-state index in [1.54, 1.807) is 0 Å². The molecule has 1 aliphatic rings. The number of anilines is 1. The fourth-order valence-corrected chi connectivity index (χ4v) is 2.13. The van der Waals surface area contributed by atoms with Crippen LogP contribution < -0.4 is 5.32 Å². The van der Waals surface area contributed by atoms with Crippen molar-refractivity contribution in [2.75, 3.05) is 19.0 Å². The standard InChI is InChI=1S/C10H12BrNO2/c1-14-10(13)8-5-12-9-3-2-6(11)4-7(8)9/h2-4,8,10,12-13H,5H2,1H3. The normalized spacial score (nSPS) is 21.5. The Hall–Kier alpha value is -0.580. The molecule has 2 rings (SSSR count). The van der Waals surface area contributed by atoms with Crippen LogP contribution in [0.2, 0.25) is 0 Å². The topological polar surface area (TPSA) is 41.5 Å². The van der Waals surface area contributed by atoms with Crippen LogP contribution in [0.4, 0.5) is 5.69 Å². The highest BCUT2D eigenvalue weighted by Gasteiger charge is 2.28. The molecule has 0 spiro atoms. The molecule has 0 bridgehead atoms. The van der Waals surface area contributed by atoms with E-state index in [9.17, 15) is 5.11 Å². The van der Waals surface area contributed by atoms with Crippen LogP contribution in [0, 0.1) is 0 Å². The largest absolute Gasteiger partial charge is 0.384 e. The van der Waals surface area contributed by atoms with E-state index in [0.717, 1.165) is 22.3 Å². The molecule has 2 atom stereocenters. The third kappa shape index (κ3) is 1.65. The number of nitrogens with one attached hydrogen (secondary N) is 1. The molecule has 1 aromatic carbocycles. The molecule has 0 saturated carbocycles. The first-order valence-corrected chi connectivity index (χ1v) is 5.26. The Labute approximate surface area is 91.2 Å². The van der Waals surface area contributed by atoms with E-state index < -0.39 is 6.29 Å². The van der Waals surface area contributed by atoms with Gasteiger partial charge in [0.25, 0.3) is 0 Å². The summed E-state index contributed by atoms with van der Waals surface area (Å²) >= 11 is 3.41. The van der Waals surface area contributed by atoms with E-state index in [2.05, 4.69) is 21.2 Å². The van der Waals surface area contributed by atoms with Crippen LogP contribution >= 0.6 is 15.9 Å². The molecule has 2 unspecified atom stereocenters. The monoisotopic (exact) mass is 257 g/mol. The highest BCUT2D eigenvalue weighted by Crippen LogP contribution is 2.35. The Morgan fingerprint density at radius 2 is 2.43 bits per heavy atom. The molecule has 1 aliphatic heterocycles. The molecule has 1 aromatic rings. The summed E-state index contributed by atoms with van der Waals surface area (Å²) in [6.07, 6.45) is -0.738. The molecular weight excluding hydrogens is 246 g/mol. The predicted octanol–water partition coefficient (Wildman–Crippen LogP) is 1.92. The molecule has 0 saturated heterocycles. The number of fused-ring (bicyclic) bond motifs is 1. The number of aliphatic hydroxyl groups excluding tert-OH is 1. The van der Waals surface area contributed by atoms with Gasteiger partial charge in [-0.25, -0.2) is 0 Å². The number of aliphatic hydroxyl groups is 1. The molecule has 0 fully saturated rings. The maximum absolute atomic E-state index is 9.62. The Bertz CT molecular complexity index is 343. The van der Waals surface area contributed by atoms with Gasteiger partial charge in [-0.2, -0.15) is 0 Å². The van der Waals surface area contributed by atoms with Crippen LogP contribution in [-0.2, 0) is 4.74 Å². The van der Waals surface area contributed by atoms with Crippen LogP contribution in [0.5, 0.6) is 0 Å². The Balaban J connectivity index is 2.33. The van der Waals surface area contributed by atoms with Gasteiger partial charge in [-0.05, 0) is 23.8 Å². The minimum Gasteiger partial charge on any atom is -0.384 e. The number of rotatable bonds is 2. The number of benzene rings is 1. The fraction of sp³-hybridized carbons (Fsp3) is 0.400. The second-order valence-electron chi connectivity index (χ2n) is 3.35. The zero-order valence-corrected chi connectivity index (χ0v) is 9.41. The summed E-state index contributed by atoms with van der Waals surface area (Å²) in [6.45, 7) is 0.723. The molecule has 0 radical (unpaired) electrons. The summed E-state index contributed by atoms with van der Waals surface area (Å²) in [5.74, 6) is 0.0208. The van der Waals surface area contributed by atoms with E-state index >= 15 is 0 Å². The molecule has 1 heterocycles. The minimum atomic E-state index is -0.738. The second-order valence-corrected chi connectivity index (χ2v) is 4.26. The highest BCUT2D eigenvalue weighted by molar-refractivity contribution is 9.10. The maximum atomic E-state index is 9.62. The van der Waals surface area contributed by atoms with Gasteiger partial charge < -0.3 is 15.2 Å². The Morgan fingerprint density at radius 3 is 3.14 bits per heavy atom. The lowest BCUT2D eigenvalue weighted by Gasteiger charge is -2.16. The van der Waals surface area contributed by atoms with Crippen LogP contribution in [0.1, 0.15) is 11.5 Å². The van der Waals surface area contributed by atoms with E-state index in [-0.39, 0.29) is 5.92 Å². The summed E-state index contributed by atoms with van der Waals surface area (Å²) in [6, 6.07) is 6.00. The summed E-state index contributed by atoms with van der Waals surface area (Å²) in [5.41, 5.74) is 2.18. The number of methoxy groups -OCH3 is 1. The first kappa shape index (κ1) is 9.96. The lowest BCUT2D eigenvalue weighted by atomic mass is 10.0. The molecule has 76 valence electrons. The number of ether oxygens (including phenoxy) is 1. The van der Waals surface area contributed by atoms with Gasteiger partial charge in [-0.1, -0.05) is 15.9 Å². The zero-order valence-electron chi connectivity index (χ0n) is 7.83. The van der Waals surface area contributed by atoms with Gasteiger partial charge >= 0.3 is 0 Å². The van der Waals surface area contributed by atoms with Crippen molar-refractivity contribution in [2.45, 2.75) is 12.2 Å². The van der Waals surface area contributed by atoms with E-state index in [4.69, 9.17) is 4.74 Å². The average molecular weight is 258 g/mol. The van der Waals surface area contributed by atoms with Crippen molar-refractivity contribution in [1.29, 1.82) is 0 Å². The van der Waals surface area contributed by atoms with Crippen molar-refractivity contribution < 1.29 is 9.84 Å². The third-order valence-corrected chi connectivity index (χ3v) is 3.00. The van der Waals surface area contributed by atoms with E-state index in [1.165, 1.54) is 7.11 Å². The van der Waals surface area contributed by atoms with Crippen molar-refractivity contribution >= 4 is 21.6 Å². The van der Waals surface area contributed by atoms with Gasteiger partial charge in [-0.3, -0.25) is 0 Å². The van der Waals surface area contributed by atoms with Crippen LogP contribution in [0.3, 0.4) is 0 Å². The summed E-state index contributed by atoms with van der Waals surface area (Å²) in [5, 5.41) is 12.8. The lowest BCUT2D eigenvalue weighted by molar-refractivity contribution is -0.0876. The summed E-state index contributed by atoms with van der Waals surface area (Å²) in [4.78, 5) is 0. The minimum absolute atomic E-state index is 0.0208. The fourth-order valence-electron chi connectivity index (χ4n) is 1.75. The molecule has 2 N–H and O–H groups in total. The first-order chi connectivity index (χ1) is 6.72. The van der Waals surface area contributed by atoms with Crippen LogP contribution in [0.25, 0.3) is 0 Å². The van der Waals surface area contributed by atoms with Gasteiger partial charge in [0.15, 0.2) is 6.29 Å². The quantitative estimate of drug-likeness (QED) is 0.796. The number of halogens is 1. The van der Waals surface area contributed by atoms with Crippen molar-refractivity contribution in [3.8, 4) is 0 Å². The molecular formula is C10H12BrNO2. The van der Waals surface area contributed by atoms with E-state index in [1.807, 2.05) is 18.2 Å². The molecule has 0 aromatic heterocycles. The van der Waals surface area contributed by atoms with Crippen molar-refractivity contribution in [1.82, 2.24) is 0 Å². The first-order valence-electron chi connectivity index (χ1n) is 4.46. The SMILES string of the molecule is COC(O)C1CNc2ccc(Br)cc21. The van der Waals surface area contributed by atoms with Crippen LogP contribution in [-0.4, -0.2) is 25.1 Å². The van der Waals surface area contributed by atoms with Gasteiger partial charge in [0, 0.05) is 23.8 Å². The number of hydrogen-bond donors (Lipinski definition) is 2. The Kier molecular flexibility index (Phi) is 2.76. The van der Waals surface area contributed by atoms with Gasteiger partial charge in [-0.15, -0.1) is 0 Å². The van der Waals surface area contributed by atoms with Crippen molar-refractivity contribution in [3.63, 3.8) is 0 Å². The highest BCUT2D eigenvalue weighted by atomic mass is 79.9. The van der Waals surface area contributed by atoms with Gasteiger partial charge in [0.1, 0.15) is 0 Å². The summed E-state index contributed by atoms with van der Waals surface area (Å²) in [7, 11) is 1.51. The van der Waals surface area contributed by atoms with Crippen molar-refractivity contribution in [3.05, 3.63) is 28.2 Å². The average Bonchev–Trinajstić information content (AvgIpc) is 2.59. The van der Waals surface area contributed by atoms with E-state index in [0.29, 0.717) is 0 Å². The van der Waals surface area contributed by atoms with Crippen LogP contribution in [0.15, 0.2) is 22.7 Å². The third-order valence-electron chi connectivity index (χ3n) is 2.51. The smallest absolute Gasteiger partial charge is 0.162 e. The number of hydrogen-bond acceptors (Lipinski definition) is 3. The molecule has 4 heteroatoms. The predicted molar refractivity (Wildman–Crippen MR) is 58.4 cm³/mol. The second kappa shape index (κ2) is 3.88. The molecule has 0 amide bonds. The van der Waals surface area contributed by atoms with Gasteiger partial charge in [0.05, 0.1) is 5.92 Å². The zero-order chi connectivity index (χ0) is 10.1. The molecule has 0 aliphatic carbocycles. The van der Waals surface area contributed by atoms with Gasteiger partial charge in [0.2, 0.25) is 0 Å². The van der Waals surface area contributed by atoms with Crippen molar-refractivity contribution in [2.24, 2.45) is 0 Å². The molecule has 3 nitrogen and oxygen atoms in total. The molecule has 14 heavy (non-hydrogen) atoms. The lowest BCUT2D eigenvalue weighted by Crippen LogP contribution is -2.21. The maximum Gasteiger partial charge on any atom is 0.162 e.